The van der Waals surface area contributed by atoms with Gasteiger partial charge in [-0.15, -0.1) is 0 Å². The van der Waals surface area contributed by atoms with Gasteiger partial charge in [-0.3, -0.25) is 9.59 Å². The van der Waals surface area contributed by atoms with E-state index in [0.717, 1.165) is 23.5 Å². The third-order valence-electron chi connectivity index (χ3n) is 4.88. The zero-order chi connectivity index (χ0) is 29.4. The second-order valence-electron chi connectivity index (χ2n) is 7.67. The van der Waals surface area contributed by atoms with Crippen molar-refractivity contribution >= 4 is 29.2 Å². The second-order valence-corrected chi connectivity index (χ2v) is 8.69. The molecule has 3 rings (SSSR count). The number of methoxy groups -OCH3 is 1. The Morgan fingerprint density at radius 1 is 1.24 bits per heavy atom. The smallest absolute Gasteiger partial charge is 0.351 e. The first-order chi connectivity index (χ1) is 18.8. The third-order valence-corrected chi connectivity index (χ3v) is 5.71. The molecule has 194 valence electrons. The van der Waals surface area contributed by atoms with E-state index in [-0.39, 0.29) is 35.1 Å². The lowest BCUT2D eigenvalue weighted by Gasteiger charge is -2.05. The summed E-state index contributed by atoms with van der Waals surface area (Å²) in [5.74, 6) is -4.11. The molecule has 11 heteroatoms. The predicted molar refractivity (Wildman–Crippen MR) is 132 cm³/mol. The Bertz CT molecular complexity index is 1510. The molecule has 1 N–H and O–H groups in total. The lowest BCUT2D eigenvalue weighted by Crippen LogP contribution is -2.16. The van der Waals surface area contributed by atoms with Crippen LogP contribution >= 0.6 is 11.3 Å². The van der Waals surface area contributed by atoms with Crippen molar-refractivity contribution in [3.63, 3.8) is 0 Å². The number of rotatable bonds is 11. The highest BCUT2D eigenvalue weighted by Gasteiger charge is 2.21. The lowest BCUT2D eigenvalue weighted by atomic mass is 10.0. The van der Waals surface area contributed by atoms with Crippen molar-refractivity contribution in [1.29, 1.82) is 0 Å². The molecule has 0 amide bonds. The zero-order valence-electron chi connectivity index (χ0n) is 22.5. The van der Waals surface area contributed by atoms with Crippen molar-refractivity contribution in [2.75, 3.05) is 7.04 Å². The summed E-state index contributed by atoms with van der Waals surface area (Å²) in [6.07, 6.45) is 6.88. The number of aromatic hydroxyl groups is 1. The number of halogens is 2. The molecule has 3 aromatic rings. The van der Waals surface area contributed by atoms with Crippen LogP contribution in [-0.4, -0.2) is 28.9 Å². The standard InChI is InChI=1S/C26H23F2NO7S/c1-15(11-18-14-29-26(37-18)36-17-9-10-19(27)20(28)12-17)24(32)23-21(30)13-16(35-25(23)33)7-5-3-4-6-8-22(31)34-2/h4,6,9-14,30H,3,5,7-8H2,1-2H3/b6-4+,15-11+/i2D3. The molecule has 0 spiro atoms. The highest BCUT2D eigenvalue weighted by molar-refractivity contribution is 7.14. The van der Waals surface area contributed by atoms with Crippen LogP contribution in [0.15, 0.2) is 57.4 Å². The molecule has 0 saturated carbocycles. The number of Topliss-reactive ketones (excluding diaryl/α,β-unsaturated/α-hetero) is 1. The number of allylic oxidation sites excluding steroid dienone is 2. The van der Waals surface area contributed by atoms with Crippen molar-refractivity contribution in [3.05, 3.63) is 86.4 Å². The molecule has 0 aliphatic heterocycles. The second kappa shape index (κ2) is 12.7. The van der Waals surface area contributed by atoms with E-state index in [2.05, 4.69) is 9.72 Å². The molecule has 2 aromatic heterocycles. The number of hydrogen-bond acceptors (Lipinski definition) is 9. The Balaban J connectivity index is 1.58. The van der Waals surface area contributed by atoms with Crippen molar-refractivity contribution in [3.8, 4) is 16.7 Å². The fraction of sp³-hybridized carbons (Fsp3) is 0.231. The van der Waals surface area contributed by atoms with Crippen molar-refractivity contribution in [2.24, 2.45) is 0 Å². The highest BCUT2D eigenvalue weighted by atomic mass is 32.1. The van der Waals surface area contributed by atoms with Crippen LogP contribution in [0, 0.1) is 11.6 Å². The molecular formula is C26H23F2NO7S. The lowest BCUT2D eigenvalue weighted by molar-refractivity contribution is -0.139. The molecule has 0 radical (unpaired) electrons. The van der Waals surface area contributed by atoms with Gasteiger partial charge in [-0.1, -0.05) is 23.5 Å². The number of esters is 1. The maximum Gasteiger partial charge on any atom is 0.351 e. The summed E-state index contributed by atoms with van der Waals surface area (Å²) >= 11 is 1.01. The first kappa shape index (κ1) is 23.3. The molecule has 0 atom stereocenters. The largest absolute Gasteiger partial charge is 0.507 e. The fourth-order valence-corrected chi connectivity index (χ4v) is 3.88. The minimum atomic E-state index is -2.79. The Morgan fingerprint density at radius 2 is 2.05 bits per heavy atom. The minimum absolute atomic E-state index is 0.0333. The van der Waals surface area contributed by atoms with Gasteiger partial charge in [0.15, 0.2) is 17.4 Å². The molecule has 2 heterocycles. The number of aryl methyl sites for hydroxylation is 1. The van der Waals surface area contributed by atoms with Crippen molar-refractivity contribution < 1.29 is 41.5 Å². The highest BCUT2D eigenvalue weighted by Crippen LogP contribution is 2.29. The van der Waals surface area contributed by atoms with Crippen LogP contribution < -0.4 is 10.4 Å². The number of nitrogens with zero attached hydrogens (tertiary/aromatic N) is 1. The number of carbonyl (C=O) groups is 2. The van der Waals surface area contributed by atoms with Crippen molar-refractivity contribution in [2.45, 2.75) is 32.6 Å². The van der Waals surface area contributed by atoms with Gasteiger partial charge in [-0.05, 0) is 43.5 Å². The van der Waals surface area contributed by atoms with Crippen LogP contribution in [0.25, 0.3) is 6.08 Å². The van der Waals surface area contributed by atoms with Crippen molar-refractivity contribution in [1.82, 2.24) is 4.98 Å². The summed E-state index contributed by atoms with van der Waals surface area (Å²) in [6.45, 7) is 1.44. The number of hydrogen-bond donors (Lipinski definition) is 1. The number of benzene rings is 1. The molecule has 0 unspecified atom stereocenters. The van der Waals surface area contributed by atoms with E-state index in [0.29, 0.717) is 17.7 Å². The van der Waals surface area contributed by atoms with E-state index in [1.165, 1.54) is 37.4 Å². The summed E-state index contributed by atoms with van der Waals surface area (Å²) in [5, 5.41) is 10.5. The normalized spacial score (nSPS) is 13.2. The quantitative estimate of drug-likeness (QED) is 0.111. The fourth-order valence-electron chi connectivity index (χ4n) is 3.10. The van der Waals surface area contributed by atoms with Gasteiger partial charge in [-0.2, -0.15) is 0 Å². The van der Waals surface area contributed by atoms with Gasteiger partial charge < -0.3 is 19.0 Å². The molecule has 0 saturated heterocycles. The molecule has 1 aromatic carbocycles. The Kier molecular flexibility index (Phi) is 8.01. The van der Waals surface area contributed by atoms with Crippen LogP contribution in [0.3, 0.4) is 0 Å². The van der Waals surface area contributed by atoms with Gasteiger partial charge in [0.25, 0.3) is 5.19 Å². The number of unbranched alkanes of at least 4 members (excludes halogenated alkanes) is 1. The van der Waals surface area contributed by atoms with Crippen LogP contribution in [-0.2, 0) is 16.0 Å². The molecule has 0 bridgehead atoms. The zero-order valence-corrected chi connectivity index (χ0v) is 20.3. The number of aromatic nitrogens is 1. The van der Waals surface area contributed by atoms with Gasteiger partial charge in [0.2, 0.25) is 0 Å². The molecule has 0 aliphatic rings. The molecular weight excluding hydrogens is 508 g/mol. The van der Waals surface area contributed by atoms with Crippen LogP contribution in [0.1, 0.15) is 51.3 Å². The van der Waals surface area contributed by atoms with Crippen LogP contribution in [0.5, 0.6) is 16.7 Å². The molecule has 0 aliphatic carbocycles. The molecule has 8 nitrogen and oxygen atoms in total. The molecule has 37 heavy (non-hydrogen) atoms. The van der Waals surface area contributed by atoms with E-state index in [1.807, 2.05) is 0 Å². The van der Waals surface area contributed by atoms with E-state index < -0.39 is 47.4 Å². The van der Waals surface area contributed by atoms with E-state index in [4.69, 9.17) is 13.3 Å². The van der Waals surface area contributed by atoms with E-state index >= 15 is 0 Å². The average molecular weight is 535 g/mol. The number of ether oxygens (including phenoxy) is 2. The van der Waals surface area contributed by atoms with E-state index in [1.54, 1.807) is 6.08 Å². The first-order valence-corrected chi connectivity index (χ1v) is 11.7. The first-order valence-electron chi connectivity index (χ1n) is 12.4. The number of ketones is 1. The van der Waals surface area contributed by atoms with E-state index in [9.17, 15) is 28.3 Å². The summed E-state index contributed by atoms with van der Waals surface area (Å²) < 4.78 is 61.8. The summed E-state index contributed by atoms with van der Waals surface area (Å²) in [6, 6.07) is 4.19. The summed E-state index contributed by atoms with van der Waals surface area (Å²) in [4.78, 5) is 41.1. The van der Waals surface area contributed by atoms with Gasteiger partial charge in [0.05, 0.1) is 22.4 Å². The summed E-state index contributed by atoms with van der Waals surface area (Å²) in [7, 11) is -2.79. The predicted octanol–water partition coefficient (Wildman–Crippen LogP) is 5.60. The SMILES string of the molecule is [2H]C([2H])([2H])OC(=O)C/C=C/CCCc1cc(O)c(C(=O)/C(C)=C/c2cnc(Oc3ccc(F)c(F)c3)s2)c(=O)o1. The monoisotopic (exact) mass is 534 g/mol. The van der Waals surface area contributed by atoms with Gasteiger partial charge in [0.1, 0.15) is 22.8 Å². The third kappa shape index (κ3) is 7.68. The maximum absolute atomic E-state index is 13.4. The Labute approximate surface area is 218 Å². The Hall–Kier alpha value is -4.12. The Morgan fingerprint density at radius 3 is 2.78 bits per heavy atom. The van der Waals surface area contributed by atoms with Crippen LogP contribution in [0.2, 0.25) is 0 Å². The maximum atomic E-state index is 13.4. The molecule has 0 fully saturated rings. The van der Waals surface area contributed by atoms with Gasteiger partial charge in [0, 0.05) is 24.8 Å². The van der Waals surface area contributed by atoms with Gasteiger partial charge in [-0.25, -0.2) is 18.6 Å². The number of thiazole rings is 1. The average Bonchev–Trinajstić information content (AvgIpc) is 3.28. The van der Waals surface area contributed by atoms with Gasteiger partial charge >= 0.3 is 11.6 Å². The van der Waals surface area contributed by atoms with Crippen LogP contribution in [0.4, 0.5) is 8.78 Å². The minimum Gasteiger partial charge on any atom is -0.507 e. The summed E-state index contributed by atoms with van der Waals surface area (Å²) in [5.41, 5.74) is -1.45. The number of carbonyl (C=O) groups excluding carboxylic acids is 2. The topological polar surface area (TPSA) is 116 Å².